The van der Waals surface area contributed by atoms with Gasteiger partial charge in [0.15, 0.2) is 0 Å². The highest BCUT2D eigenvalue weighted by atomic mass is 32.1. The second-order valence-corrected chi connectivity index (χ2v) is 9.02. The molecule has 1 aliphatic rings. The van der Waals surface area contributed by atoms with Gasteiger partial charge in [-0.1, -0.05) is 37.5 Å². The van der Waals surface area contributed by atoms with Crippen LogP contribution in [-0.4, -0.2) is 29.0 Å². The highest BCUT2D eigenvalue weighted by Gasteiger charge is 2.22. The van der Waals surface area contributed by atoms with Gasteiger partial charge in [-0.2, -0.15) is 4.37 Å². The van der Waals surface area contributed by atoms with E-state index in [1.54, 1.807) is 7.11 Å². The lowest BCUT2D eigenvalue weighted by molar-refractivity contribution is 0.356. The normalized spacial score (nSPS) is 14.7. The van der Waals surface area contributed by atoms with E-state index in [1.807, 2.05) is 36.4 Å². The Morgan fingerprint density at radius 3 is 2.81 bits per heavy atom. The SMILES string of the molecule is COc1cc2c(cc1Nc1snc(O)c1C(=N)NCC1CCCCC1)oc1ccccc12. The Morgan fingerprint density at radius 2 is 2.00 bits per heavy atom. The van der Waals surface area contributed by atoms with Crippen molar-refractivity contribution in [3.63, 3.8) is 0 Å². The van der Waals surface area contributed by atoms with Gasteiger partial charge < -0.3 is 24.9 Å². The molecule has 2 aromatic carbocycles. The lowest BCUT2D eigenvalue weighted by Crippen LogP contribution is -2.30. The summed E-state index contributed by atoms with van der Waals surface area (Å²) in [7, 11) is 1.62. The third-order valence-corrected chi connectivity index (χ3v) is 6.92. The van der Waals surface area contributed by atoms with Crippen molar-refractivity contribution in [3.05, 3.63) is 42.0 Å². The van der Waals surface area contributed by atoms with Gasteiger partial charge in [0.25, 0.3) is 0 Å². The molecular weight excluding hydrogens is 424 g/mol. The molecule has 0 saturated heterocycles. The summed E-state index contributed by atoms with van der Waals surface area (Å²) in [6.45, 7) is 0.738. The number of nitrogens with one attached hydrogen (secondary N) is 3. The van der Waals surface area contributed by atoms with Crippen molar-refractivity contribution in [2.45, 2.75) is 32.1 Å². The van der Waals surface area contributed by atoms with Gasteiger partial charge in [0.1, 0.15) is 33.3 Å². The number of nitrogens with zero attached hydrogens (tertiary/aromatic N) is 1. The van der Waals surface area contributed by atoms with Crippen LogP contribution in [0.25, 0.3) is 21.9 Å². The van der Waals surface area contributed by atoms with Gasteiger partial charge in [-0.3, -0.25) is 5.41 Å². The summed E-state index contributed by atoms with van der Waals surface area (Å²) < 4.78 is 15.7. The summed E-state index contributed by atoms with van der Waals surface area (Å²) in [5.41, 5.74) is 2.60. The zero-order chi connectivity index (χ0) is 22.1. The van der Waals surface area contributed by atoms with E-state index in [1.165, 1.54) is 32.1 Å². The monoisotopic (exact) mass is 450 g/mol. The molecule has 1 aliphatic carbocycles. The van der Waals surface area contributed by atoms with E-state index in [-0.39, 0.29) is 11.7 Å². The van der Waals surface area contributed by atoms with Crippen LogP contribution in [0.3, 0.4) is 0 Å². The number of methoxy groups -OCH3 is 1. The number of aromatic hydroxyl groups is 1. The Labute approximate surface area is 190 Å². The summed E-state index contributed by atoms with van der Waals surface area (Å²) in [6, 6.07) is 11.7. The van der Waals surface area contributed by atoms with Crippen molar-refractivity contribution in [1.29, 1.82) is 5.41 Å². The molecule has 32 heavy (non-hydrogen) atoms. The minimum atomic E-state index is -0.151. The van der Waals surface area contributed by atoms with Gasteiger partial charge in [0.05, 0.1) is 12.8 Å². The van der Waals surface area contributed by atoms with Crippen LogP contribution in [0.15, 0.2) is 40.8 Å². The highest BCUT2D eigenvalue weighted by Crippen LogP contribution is 2.40. The van der Waals surface area contributed by atoms with Crippen LogP contribution in [0.4, 0.5) is 10.7 Å². The second-order valence-electron chi connectivity index (χ2n) is 8.24. The zero-order valence-electron chi connectivity index (χ0n) is 17.9. The maximum Gasteiger partial charge on any atom is 0.236 e. The first kappa shape index (κ1) is 20.6. The van der Waals surface area contributed by atoms with Crippen molar-refractivity contribution >= 4 is 50.0 Å². The smallest absolute Gasteiger partial charge is 0.236 e. The molecule has 4 N–H and O–H groups in total. The number of furan rings is 1. The number of rotatable bonds is 6. The average molecular weight is 451 g/mol. The minimum absolute atomic E-state index is 0.151. The zero-order valence-corrected chi connectivity index (χ0v) is 18.7. The van der Waals surface area contributed by atoms with E-state index in [2.05, 4.69) is 15.0 Å². The fourth-order valence-electron chi connectivity index (χ4n) is 4.46. The van der Waals surface area contributed by atoms with Crippen LogP contribution in [0.1, 0.15) is 37.7 Å². The van der Waals surface area contributed by atoms with Gasteiger partial charge in [-0.15, -0.1) is 0 Å². The molecule has 0 unspecified atom stereocenters. The molecule has 1 fully saturated rings. The first-order valence-electron chi connectivity index (χ1n) is 10.9. The van der Waals surface area contributed by atoms with Crippen LogP contribution in [0.2, 0.25) is 0 Å². The third kappa shape index (κ3) is 3.86. The largest absolute Gasteiger partial charge is 0.495 e. The Balaban J connectivity index is 1.42. The molecule has 1 saturated carbocycles. The lowest BCUT2D eigenvalue weighted by Gasteiger charge is -2.22. The predicted octanol–water partition coefficient (Wildman–Crippen LogP) is 6.00. The molecular formula is C24H26N4O3S. The van der Waals surface area contributed by atoms with Crippen LogP contribution in [0, 0.1) is 11.3 Å². The maximum absolute atomic E-state index is 10.3. The number of fused-ring (bicyclic) bond motifs is 3. The van der Waals surface area contributed by atoms with Crippen molar-refractivity contribution in [2.75, 3.05) is 19.0 Å². The molecule has 0 bridgehead atoms. The highest BCUT2D eigenvalue weighted by molar-refractivity contribution is 7.11. The molecule has 4 aromatic rings. The second kappa shape index (κ2) is 8.70. The molecule has 0 radical (unpaired) electrons. The first-order valence-corrected chi connectivity index (χ1v) is 11.7. The summed E-state index contributed by atoms with van der Waals surface area (Å²) in [6.07, 6.45) is 6.18. The molecule has 2 aromatic heterocycles. The summed E-state index contributed by atoms with van der Waals surface area (Å²) >= 11 is 1.11. The lowest BCUT2D eigenvalue weighted by atomic mass is 9.89. The van der Waals surface area contributed by atoms with Gasteiger partial charge in [-0.05, 0) is 42.4 Å². The summed E-state index contributed by atoms with van der Waals surface area (Å²) in [5.74, 6) is 1.24. The van der Waals surface area contributed by atoms with Crippen molar-refractivity contribution < 1.29 is 14.3 Å². The van der Waals surface area contributed by atoms with Crippen LogP contribution >= 0.6 is 11.5 Å². The number of anilines is 2. The Hall–Kier alpha value is -3.26. The number of benzene rings is 2. The number of hydrogen-bond acceptors (Lipinski definition) is 7. The third-order valence-electron chi connectivity index (χ3n) is 6.16. The number of amidine groups is 1. The Kier molecular flexibility index (Phi) is 5.61. The molecule has 0 atom stereocenters. The predicted molar refractivity (Wildman–Crippen MR) is 129 cm³/mol. The van der Waals surface area contributed by atoms with Crippen LogP contribution in [0.5, 0.6) is 11.6 Å². The maximum atomic E-state index is 10.3. The molecule has 0 aliphatic heterocycles. The van der Waals surface area contributed by atoms with E-state index in [9.17, 15) is 5.11 Å². The van der Waals surface area contributed by atoms with Gasteiger partial charge >= 0.3 is 0 Å². The van der Waals surface area contributed by atoms with Gasteiger partial charge in [0.2, 0.25) is 5.88 Å². The van der Waals surface area contributed by atoms with E-state index < -0.39 is 0 Å². The van der Waals surface area contributed by atoms with Crippen molar-refractivity contribution in [2.24, 2.45) is 5.92 Å². The number of hydrogen-bond donors (Lipinski definition) is 4. The molecule has 0 spiro atoms. The molecule has 5 rings (SSSR count). The number of ether oxygens (including phenoxy) is 1. The Bertz CT molecular complexity index is 1270. The van der Waals surface area contributed by atoms with Crippen molar-refractivity contribution in [1.82, 2.24) is 9.69 Å². The average Bonchev–Trinajstić information content (AvgIpc) is 3.37. The first-order chi connectivity index (χ1) is 15.6. The van der Waals surface area contributed by atoms with Crippen LogP contribution in [-0.2, 0) is 0 Å². The van der Waals surface area contributed by atoms with E-state index in [0.717, 1.165) is 40.0 Å². The van der Waals surface area contributed by atoms with Gasteiger partial charge in [-0.25, -0.2) is 0 Å². The van der Waals surface area contributed by atoms with E-state index in [0.29, 0.717) is 27.9 Å². The molecule has 8 heteroatoms. The van der Waals surface area contributed by atoms with Crippen molar-refractivity contribution in [3.8, 4) is 11.6 Å². The molecule has 0 amide bonds. The topological polar surface area (TPSA) is 103 Å². The van der Waals surface area contributed by atoms with E-state index in [4.69, 9.17) is 14.6 Å². The molecule has 2 heterocycles. The molecule has 166 valence electrons. The van der Waals surface area contributed by atoms with E-state index >= 15 is 0 Å². The quantitative estimate of drug-likeness (QED) is 0.212. The Morgan fingerprint density at radius 1 is 1.19 bits per heavy atom. The minimum Gasteiger partial charge on any atom is -0.495 e. The summed E-state index contributed by atoms with van der Waals surface area (Å²) in [5, 5.41) is 27.9. The number of aromatic nitrogens is 1. The molecule has 7 nitrogen and oxygen atoms in total. The fourth-order valence-corrected chi connectivity index (χ4v) is 5.17. The number of para-hydroxylation sites is 1. The fraction of sp³-hybridized carbons (Fsp3) is 0.333. The standard InChI is InChI=1S/C24H26N4O3S/c1-30-20-11-16-15-9-5-6-10-18(15)31-19(16)12-17(20)27-24-21(23(29)28-32-24)22(25)26-13-14-7-3-2-4-8-14/h5-6,9-12,14,27H,2-4,7-8,13H2,1H3,(H2,25,26)(H,28,29). The van der Waals surface area contributed by atoms with Gasteiger partial charge in [0, 0.05) is 23.4 Å². The van der Waals surface area contributed by atoms with Crippen LogP contribution < -0.4 is 15.4 Å². The summed E-state index contributed by atoms with van der Waals surface area (Å²) in [4.78, 5) is 0.